The van der Waals surface area contributed by atoms with Crippen LogP contribution in [0.2, 0.25) is 5.02 Å². The summed E-state index contributed by atoms with van der Waals surface area (Å²) in [5.41, 5.74) is 5.86. The number of fused-ring (bicyclic) bond motifs is 2. The molecular weight excluding hydrogens is 536 g/mol. The normalized spacial score (nSPS) is 18.8. The van der Waals surface area contributed by atoms with Crippen molar-refractivity contribution < 1.29 is 9.90 Å². The lowest BCUT2D eigenvalue weighted by Gasteiger charge is -2.40. The second kappa shape index (κ2) is 12.5. The van der Waals surface area contributed by atoms with E-state index in [1.165, 1.54) is 16.7 Å². The van der Waals surface area contributed by atoms with E-state index in [0.717, 1.165) is 35.7 Å². The molecule has 4 aromatic rings. The van der Waals surface area contributed by atoms with Crippen LogP contribution in [-0.2, 0) is 37.3 Å². The summed E-state index contributed by atoms with van der Waals surface area (Å²) in [6.07, 6.45) is 7.22. The Balaban J connectivity index is 1.27. The molecular formula is C32H35ClN6O2. The molecule has 9 heteroatoms. The summed E-state index contributed by atoms with van der Waals surface area (Å²) in [5, 5.41) is 13.9. The highest BCUT2D eigenvalue weighted by molar-refractivity contribution is 6.30. The van der Waals surface area contributed by atoms with Crippen LogP contribution in [0.25, 0.3) is 0 Å². The van der Waals surface area contributed by atoms with E-state index in [1.54, 1.807) is 6.20 Å². The van der Waals surface area contributed by atoms with E-state index in [0.29, 0.717) is 38.5 Å². The number of rotatable bonds is 8. The van der Waals surface area contributed by atoms with Gasteiger partial charge in [0.15, 0.2) is 0 Å². The number of aliphatic hydroxyl groups excluding tert-OH is 1. The Morgan fingerprint density at radius 1 is 1.05 bits per heavy atom. The van der Waals surface area contributed by atoms with Gasteiger partial charge in [-0.05, 0) is 53.3 Å². The fourth-order valence-electron chi connectivity index (χ4n) is 6.14. The van der Waals surface area contributed by atoms with Crippen LogP contribution in [0.4, 0.5) is 0 Å². The van der Waals surface area contributed by atoms with Crippen LogP contribution >= 0.6 is 11.6 Å². The number of aryl methyl sites for hydroxylation is 2. The van der Waals surface area contributed by atoms with Gasteiger partial charge in [-0.15, -0.1) is 0 Å². The zero-order valence-corrected chi connectivity index (χ0v) is 23.7. The van der Waals surface area contributed by atoms with Gasteiger partial charge in [0.25, 0.3) is 0 Å². The average Bonchev–Trinajstić information content (AvgIpc) is 3.41. The Morgan fingerprint density at radius 3 is 2.76 bits per heavy atom. The van der Waals surface area contributed by atoms with E-state index in [1.807, 2.05) is 64.3 Å². The zero-order valence-electron chi connectivity index (χ0n) is 23.0. The fourth-order valence-corrected chi connectivity index (χ4v) is 6.33. The number of pyridine rings is 1. The minimum atomic E-state index is -0.362. The van der Waals surface area contributed by atoms with Crippen molar-refractivity contribution in [1.82, 2.24) is 29.7 Å². The van der Waals surface area contributed by atoms with Gasteiger partial charge in [0.2, 0.25) is 5.91 Å². The first kappa shape index (κ1) is 27.6. The highest BCUT2D eigenvalue weighted by atomic mass is 35.5. The topological polar surface area (TPSA) is 86.5 Å². The van der Waals surface area contributed by atoms with Crippen molar-refractivity contribution in [2.75, 3.05) is 26.2 Å². The van der Waals surface area contributed by atoms with Gasteiger partial charge in [-0.1, -0.05) is 54.1 Å². The summed E-state index contributed by atoms with van der Waals surface area (Å²) in [7, 11) is 0. The number of carbonyl (C=O) groups excluding carboxylic acids is 1. The van der Waals surface area contributed by atoms with Crippen LogP contribution in [-0.4, -0.2) is 67.6 Å². The molecule has 2 aromatic carbocycles. The summed E-state index contributed by atoms with van der Waals surface area (Å²) in [5.74, 6) is 0.660. The second-order valence-corrected chi connectivity index (χ2v) is 11.2. The number of amides is 1. The summed E-state index contributed by atoms with van der Waals surface area (Å²) in [6, 6.07) is 20.0. The summed E-state index contributed by atoms with van der Waals surface area (Å²) >= 11 is 6.42. The van der Waals surface area contributed by atoms with E-state index >= 15 is 0 Å². The third-order valence-electron chi connectivity index (χ3n) is 8.20. The molecule has 6 rings (SSSR count). The molecule has 1 aliphatic heterocycles. The van der Waals surface area contributed by atoms with Crippen molar-refractivity contribution in [3.05, 3.63) is 118 Å². The molecule has 212 valence electrons. The molecule has 8 nitrogen and oxygen atoms in total. The summed E-state index contributed by atoms with van der Waals surface area (Å²) in [4.78, 5) is 27.6. The monoisotopic (exact) mass is 570 g/mol. The number of imidazole rings is 1. The number of nitrogens with zero attached hydrogens (tertiary/aromatic N) is 5. The number of halogens is 1. The first-order chi connectivity index (χ1) is 20.1. The minimum absolute atomic E-state index is 0.0426. The maximum Gasteiger partial charge on any atom is 0.241 e. The molecule has 2 N–H and O–H groups in total. The predicted octanol–water partition coefficient (Wildman–Crippen LogP) is 3.61. The number of carbonyl (C=O) groups is 1. The van der Waals surface area contributed by atoms with Gasteiger partial charge in [0.1, 0.15) is 12.4 Å². The van der Waals surface area contributed by atoms with Crippen LogP contribution < -0.4 is 5.32 Å². The Kier molecular flexibility index (Phi) is 8.43. The fraction of sp³-hybridized carbons (Fsp3) is 0.344. The molecule has 41 heavy (non-hydrogen) atoms. The van der Waals surface area contributed by atoms with Crippen LogP contribution in [0.1, 0.15) is 39.8 Å². The lowest BCUT2D eigenvalue weighted by molar-refractivity contribution is -0.135. The molecule has 0 radical (unpaired) electrons. The van der Waals surface area contributed by atoms with Crippen molar-refractivity contribution >= 4 is 17.5 Å². The number of hydrogen-bond donors (Lipinski definition) is 2. The number of nitrogens with one attached hydrogen (secondary N) is 1. The van der Waals surface area contributed by atoms with Gasteiger partial charge in [0, 0.05) is 62.9 Å². The van der Waals surface area contributed by atoms with E-state index in [9.17, 15) is 9.90 Å². The van der Waals surface area contributed by atoms with Crippen LogP contribution in [0.15, 0.2) is 79.3 Å². The number of benzene rings is 2. The highest BCUT2D eigenvalue weighted by Gasteiger charge is 2.36. The van der Waals surface area contributed by atoms with E-state index < -0.39 is 0 Å². The number of piperazine rings is 1. The quantitative estimate of drug-likeness (QED) is 0.337. The van der Waals surface area contributed by atoms with Crippen molar-refractivity contribution in [3.8, 4) is 0 Å². The van der Waals surface area contributed by atoms with Gasteiger partial charge in [-0.2, -0.15) is 0 Å². The first-order valence-corrected chi connectivity index (χ1v) is 14.6. The molecule has 1 fully saturated rings. The maximum absolute atomic E-state index is 14.2. The maximum atomic E-state index is 14.2. The second-order valence-electron chi connectivity index (χ2n) is 10.7. The van der Waals surface area contributed by atoms with Crippen molar-refractivity contribution in [2.24, 2.45) is 0 Å². The van der Waals surface area contributed by atoms with Crippen LogP contribution in [0, 0.1) is 0 Å². The summed E-state index contributed by atoms with van der Waals surface area (Å²) < 4.78 is 1.90. The largest absolute Gasteiger partial charge is 0.388 e. The van der Waals surface area contributed by atoms with Crippen LogP contribution in [0.3, 0.4) is 0 Å². The van der Waals surface area contributed by atoms with E-state index in [2.05, 4.69) is 33.4 Å². The van der Waals surface area contributed by atoms with E-state index in [-0.39, 0.29) is 24.6 Å². The van der Waals surface area contributed by atoms with Crippen molar-refractivity contribution in [1.29, 1.82) is 0 Å². The summed E-state index contributed by atoms with van der Waals surface area (Å²) in [6.45, 7) is 3.51. The van der Waals surface area contributed by atoms with Gasteiger partial charge < -0.3 is 19.9 Å². The predicted molar refractivity (Wildman–Crippen MR) is 158 cm³/mol. The molecule has 0 unspecified atom stereocenters. The molecule has 3 heterocycles. The van der Waals surface area contributed by atoms with Crippen molar-refractivity contribution in [2.45, 2.75) is 44.6 Å². The number of aliphatic hydroxyl groups is 1. The number of hydrogen-bond acceptors (Lipinski definition) is 6. The Hall–Kier alpha value is -3.56. The molecule has 2 atom stereocenters. The van der Waals surface area contributed by atoms with Gasteiger partial charge in [0.05, 0.1) is 17.8 Å². The van der Waals surface area contributed by atoms with Gasteiger partial charge >= 0.3 is 0 Å². The molecule has 2 aliphatic rings. The lowest BCUT2D eigenvalue weighted by Crippen LogP contribution is -2.58. The lowest BCUT2D eigenvalue weighted by atomic mass is 9.95. The third kappa shape index (κ3) is 6.06. The molecule has 0 saturated carbocycles. The molecule has 0 bridgehead atoms. The average molecular weight is 571 g/mol. The third-order valence-corrected chi connectivity index (χ3v) is 8.44. The zero-order chi connectivity index (χ0) is 28.2. The molecule has 1 aliphatic carbocycles. The minimum Gasteiger partial charge on any atom is -0.388 e. The molecule has 2 aromatic heterocycles. The van der Waals surface area contributed by atoms with Crippen molar-refractivity contribution in [3.63, 3.8) is 0 Å². The van der Waals surface area contributed by atoms with Crippen LogP contribution in [0.5, 0.6) is 0 Å². The first-order valence-electron chi connectivity index (χ1n) is 14.2. The molecule has 1 saturated heterocycles. The van der Waals surface area contributed by atoms with E-state index in [4.69, 9.17) is 16.6 Å². The Bertz CT molecular complexity index is 1490. The Labute approximate surface area is 245 Å². The van der Waals surface area contributed by atoms with Gasteiger partial charge in [-0.3, -0.25) is 14.7 Å². The standard InChI is InChI=1S/C32H35ClN6O2/c33-26-10-11-27-25(19-26)9-8-24-7-4-12-36-30(24)31(27)38-16-13-34-28(21-38)32(41)39(20-23-5-2-1-3-6-23)18-17-37-15-14-35-29(37)22-40/h1-7,10-12,14-15,19,28,31,34,40H,8-9,13,16-18,20-22H2/t28-,31-/m1/s1. The molecule has 1 amide bonds. The van der Waals surface area contributed by atoms with Gasteiger partial charge in [-0.25, -0.2) is 4.98 Å². The molecule has 0 spiro atoms. The smallest absolute Gasteiger partial charge is 0.241 e. The highest BCUT2D eigenvalue weighted by Crippen LogP contribution is 2.37. The Morgan fingerprint density at radius 2 is 1.90 bits per heavy atom. The SMILES string of the molecule is O=C([C@H]1CN([C@@H]2c3ccc(Cl)cc3CCc3cccnc32)CCN1)N(CCn1ccnc1CO)Cc1ccccc1. The number of aromatic nitrogens is 3.